The van der Waals surface area contributed by atoms with Gasteiger partial charge >= 0.3 is 0 Å². The van der Waals surface area contributed by atoms with Gasteiger partial charge in [-0.25, -0.2) is 0 Å². The molecule has 0 amide bonds. The van der Waals surface area contributed by atoms with E-state index in [1.54, 1.807) is 0 Å². The highest BCUT2D eigenvalue weighted by molar-refractivity contribution is 7.99. The Balaban J connectivity index is 2.05. The Labute approximate surface area is 95.2 Å². The first-order valence-corrected chi connectivity index (χ1v) is 6.44. The van der Waals surface area contributed by atoms with E-state index < -0.39 is 0 Å². The van der Waals surface area contributed by atoms with Gasteiger partial charge in [-0.1, -0.05) is 25.5 Å². The summed E-state index contributed by atoms with van der Waals surface area (Å²) in [7, 11) is 0. The van der Waals surface area contributed by atoms with Crippen molar-refractivity contribution in [1.82, 2.24) is 0 Å². The van der Waals surface area contributed by atoms with Crippen LogP contribution in [-0.2, 0) is 0 Å². The standard InChI is InChI=1S/C12H17NOS/c1-2-5-9(13)11-8-15-12-7-4-3-6-10(12)14-11/h3-4,6-7,9,11H,2,5,8,13H2,1H3. The lowest BCUT2D eigenvalue weighted by atomic mass is 10.1. The van der Waals surface area contributed by atoms with Crippen molar-refractivity contribution in [2.24, 2.45) is 5.73 Å². The summed E-state index contributed by atoms with van der Waals surface area (Å²) >= 11 is 1.85. The van der Waals surface area contributed by atoms with Gasteiger partial charge in [-0.3, -0.25) is 0 Å². The van der Waals surface area contributed by atoms with Crippen LogP contribution < -0.4 is 10.5 Å². The molecule has 2 nitrogen and oxygen atoms in total. The van der Waals surface area contributed by atoms with Crippen molar-refractivity contribution >= 4 is 11.8 Å². The van der Waals surface area contributed by atoms with Crippen molar-refractivity contribution in [1.29, 1.82) is 0 Å². The van der Waals surface area contributed by atoms with Crippen LogP contribution >= 0.6 is 11.8 Å². The summed E-state index contributed by atoms with van der Waals surface area (Å²) in [5.41, 5.74) is 6.08. The van der Waals surface area contributed by atoms with Crippen LogP contribution in [0.3, 0.4) is 0 Å². The van der Waals surface area contributed by atoms with Gasteiger partial charge in [0.2, 0.25) is 0 Å². The minimum absolute atomic E-state index is 0.163. The second-order valence-corrected chi connectivity index (χ2v) is 4.93. The molecule has 1 aliphatic heterocycles. The fraction of sp³-hybridized carbons (Fsp3) is 0.500. The maximum absolute atomic E-state index is 6.08. The lowest BCUT2D eigenvalue weighted by Crippen LogP contribution is -2.41. The Hall–Kier alpha value is -0.670. The van der Waals surface area contributed by atoms with Crippen LogP contribution in [-0.4, -0.2) is 17.9 Å². The van der Waals surface area contributed by atoms with Crippen LogP contribution in [0, 0.1) is 0 Å². The van der Waals surface area contributed by atoms with Crippen LogP contribution in [0.15, 0.2) is 29.2 Å². The van der Waals surface area contributed by atoms with Gasteiger partial charge in [0.25, 0.3) is 0 Å². The molecule has 0 aliphatic carbocycles. The first kappa shape index (κ1) is 10.8. The van der Waals surface area contributed by atoms with E-state index in [1.165, 1.54) is 4.90 Å². The summed E-state index contributed by atoms with van der Waals surface area (Å²) in [5.74, 6) is 1.96. The SMILES string of the molecule is CCCC(N)C1CSc2ccccc2O1. The number of rotatable bonds is 3. The Bertz CT molecular complexity index is 329. The Kier molecular flexibility index (Phi) is 3.54. The van der Waals surface area contributed by atoms with E-state index in [9.17, 15) is 0 Å². The summed E-state index contributed by atoms with van der Waals surface area (Å²) in [5, 5.41) is 0. The predicted molar refractivity (Wildman–Crippen MR) is 64.5 cm³/mol. The quantitative estimate of drug-likeness (QED) is 0.855. The average molecular weight is 223 g/mol. The number of para-hydroxylation sites is 1. The molecule has 0 saturated heterocycles. The minimum Gasteiger partial charge on any atom is -0.487 e. The number of hydrogen-bond acceptors (Lipinski definition) is 3. The zero-order valence-corrected chi connectivity index (χ0v) is 9.80. The highest BCUT2D eigenvalue weighted by Gasteiger charge is 2.24. The maximum atomic E-state index is 6.08. The number of fused-ring (bicyclic) bond motifs is 1. The first-order valence-electron chi connectivity index (χ1n) is 5.45. The molecule has 0 saturated carbocycles. The summed E-state index contributed by atoms with van der Waals surface area (Å²) in [6.45, 7) is 2.16. The zero-order valence-electron chi connectivity index (χ0n) is 8.98. The number of thioether (sulfide) groups is 1. The highest BCUT2D eigenvalue weighted by atomic mass is 32.2. The highest BCUT2D eigenvalue weighted by Crippen LogP contribution is 2.35. The molecule has 1 aromatic rings. The van der Waals surface area contributed by atoms with Crippen LogP contribution in [0.2, 0.25) is 0 Å². The van der Waals surface area contributed by atoms with Crippen molar-refractivity contribution in [3.05, 3.63) is 24.3 Å². The molecule has 2 N–H and O–H groups in total. The van der Waals surface area contributed by atoms with Crippen LogP contribution in [0.25, 0.3) is 0 Å². The van der Waals surface area contributed by atoms with Gasteiger partial charge in [0.1, 0.15) is 11.9 Å². The van der Waals surface area contributed by atoms with E-state index in [-0.39, 0.29) is 12.1 Å². The molecule has 82 valence electrons. The van der Waals surface area contributed by atoms with E-state index in [1.807, 2.05) is 30.0 Å². The fourth-order valence-corrected chi connectivity index (χ4v) is 2.86. The molecule has 1 aliphatic rings. The molecule has 2 atom stereocenters. The van der Waals surface area contributed by atoms with Gasteiger partial charge in [0.15, 0.2) is 0 Å². The maximum Gasteiger partial charge on any atom is 0.133 e. The van der Waals surface area contributed by atoms with Crippen LogP contribution in [0.1, 0.15) is 19.8 Å². The molecule has 0 radical (unpaired) electrons. The molecule has 0 fully saturated rings. The van der Waals surface area contributed by atoms with Gasteiger partial charge in [-0.05, 0) is 18.6 Å². The summed E-state index contributed by atoms with van der Waals surface area (Å²) < 4.78 is 5.90. The number of hydrogen-bond donors (Lipinski definition) is 1. The molecule has 2 unspecified atom stereocenters. The molecule has 1 heterocycles. The van der Waals surface area contributed by atoms with Crippen molar-refractivity contribution < 1.29 is 4.74 Å². The lowest BCUT2D eigenvalue weighted by Gasteiger charge is -2.29. The van der Waals surface area contributed by atoms with Gasteiger partial charge in [-0.15, -0.1) is 11.8 Å². The third kappa shape index (κ3) is 2.47. The molecule has 1 aromatic carbocycles. The topological polar surface area (TPSA) is 35.2 Å². The van der Waals surface area contributed by atoms with Gasteiger partial charge in [0, 0.05) is 16.7 Å². The Morgan fingerprint density at radius 3 is 3.13 bits per heavy atom. The molecule has 0 aromatic heterocycles. The molecule has 0 bridgehead atoms. The Morgan fingerprint density at radius 2 is 2.33 bits per heavy atom. The van der Waals surface area contributed by atoms with Crippen LogP contribution in [0.5, 0.6) is 5.75 Å². The molecule has 15 heavy (non-hydrogen) atoms. The third-order valence-electron chi connectivity index (χ3n) is 2.63. The largest absolute Gasteiger partial charge is 0.487 e. The van der Waals surface area contributed by atoms with E-state index in [0.717, 1.165) is 24.3 Å². The normalized spacial score (nSPS) is 21.6. The molecule has 0 spiro atoms. The summed E-state index contributed by atoms with van der Waals surface area (Å²) in [6, 6.07) is 8.33. The van der Waals surface area contributed by atoms with E-state index >= 15 is 0 Å². The minimum atomic E-state index is 0.163. The Morgan fingerprint density at radius 1 is 1.53 bits per heavy atom. The number of nitrogens with two attached hydrogens (primary N) is 1. The fourth-order valence-electron chi connectivity index (χ4n) is 1.77. The second kappa shape index (κ2) is 4.90. The smallest absolute Gasteiger partial charge is 0.133 e. The zero-order chi connectivity index (χ0) is 10.7. The van der Waals surface area contributed by atoms with Crippen molar-refractivity contribution in [2.75, 3.05) is 5.75 Å². The van der Waals surface area contributed by atoms with Crippen molar-refractivity contribution in [3.8, 4) is 5.75 Å². The molecule has 3 heteroatoms. The molecule has 2 rings (SSSR count). The first-order chi connectivity index (χ1) is 7.31. The summed E-state index contributed by atoms with van der Waals surface area (Å²) in [4.78, 5) is 1.23. The van der Waals surface area contributed by atoms with E-state index in [2.05, 4.69) is 13.0 Å². The number of ether oxygens (including phenoxy) is 1. The van der Waals surface area contributed by atoms with Crippen molar-refractivity contribution in [2.45, 2.75) is 36.8 Å². The lowest BCUT2D eigenvalue weighted by molar-refractivity contribution is 0.179. The van der Waals surface area contributed by atoms with E-state index in [4.69, 9.17) is 10.5 Å². The van der Waals surface area contributed by atoms with Gasteiger partial charge < -0.3 is 10.5 Å². The molecular formula is C12H17NOS. The van der Waals surface area contributed by atoms with Gasteiger partial charge in [0.05, 0.1) is 0 Å². The number of benzene rings is 1. The second-order valence-electron chi connectivity index (χ2n) is 3.87. The third-order valence-corrected chi connectivity index (χ3v) is 3.77. The van der Waals surface area contributed by atoms with Gasteiger partial charge in [-0.2, -0.15) is 0 Å². The monoisotopic (exact) mass is 223 g/mol. The van der Waals surface area contributed by atoms with E-state index in [0.29, 0.717) is 0 Å². The van der Waals surface area contributed by atoms with Crippen molar-refractivity contribution in [3.63, 3.8) is 0 Å². The summed E-state index contributed by atoms with van der Waals surface area (Å²) in [6.07, 6.45) is 2.32. The molecular weight excluding hydrogens is 206 g/mol. The van der Waals surface area contributed by atoms with Crippen LogP contribution in [0.4, 0.5) is 0 Å². The average Bonchev–Trinajstić information content (AvgIpc) is 2.29. The predicted octanol–water partition coefficient (Wildman–Crippen LogP) is 2.67.